The summed E-state index contributed by atoms with van der Waals surface area (Å²) in [5, 5.41) is 4.31. The average molecular weight is 280 g/mol. The first-order valence-corrected chi connectivity index (χ1v) is 7.12. The highest BCUT2D eigenvalue weighted by Gasteiger charge is 2.53. The lowest BCUT2D eigenvalue weighted by Gasteiger charge is -2.32. The van der Waals surface area contributed by atoms with Gasteiger partial charge in [-0.05, 0) is 41.5 Å². The Hall–Kier alpha value is -0.845. The quantitative estimate of drug-likeness (QED) is 0.787. The van der Waals surface area contributed by atoms with Gasteiger partial charge in [-0.15, -0.1) is 0 Å². The Labute approximate surface area is 121 Å². The minimum atomic E-state index is -0.404. The van der Waals surface area contributed by atoms with Crippen molar-refractivity contribution in [1.29, 1.82) is 0 Å². The lowest BCUT2D eigenvalue weighted by molar-refractivity contribution is 0.00578. The first-order valence-electron chi connectivity index (χ1n) is 7.12. The molecule has 0 radical (unpaired) electrons. The molecule has 1 aromatic rings. The third-order valence-electron chi connectivity index (χ3n) is 4.11. The summed E-state index contributed by atoms with van der Waals surface area (Å²) in [7, 11) is 1.50. The predicted octanol–water partition coefficient (Wildman–Crippen LogP) is 1.64. The van der Waals surface area contributed by atoms with Crippen LogP contribution in [-0.2, 0) is 27.7 Å². The van der Waals surface area contributed by atoms with Crippen molar-refractivity contribution in [2.24, 2.45) is 7.05 Å². The highest BCUT2D eigenvalue weighted by molar-refractivity contribution is 6.61. The summed E-state index contributed by atoms with van der Waals surface area (Å²) in [5.74, 6) is 0. The molecule has 1 aliphatic heterocycles. The van der Waals surface area contributed by atoms with Gasteiger partial charge in [0, 0.05) is 12.6 Å². The Kier molecular flexibility index (Phi) is 4.02. The molecule has 2 heterocycles. The number of hydrogen-bond acceptors (Lipinski definition) is 4. The molecule has 0 aliphatic carbocycles. The summed E-state index contributed by atoms with van der Waals surface area (Å²) in [6.45, 7) is 12.8. The zero-order valence-corrected chi connectivity index (χ0v) is 13.6. The molecule has 0 amide bonds. The summed E-state index contributed by atoms with van der Waals surface area (Å²) in [4.78, 5) is 0. The first kappa shape index (κ1) is 15.5. The molecule has 20 heavy (non-hydrogen) atoms. The molecule has 0 unspecified atom stereocenters. The molecule has 0 saturated carbocycles. The van der Waals surface area contributed by atoms with Crippen LogP contribution in [0, 0.1) is 0 Å². The van der Waals surface area contributed by atoms with E-state index in [9.17, 15) is 0 Å². The van der Waals surface area contributed by atoms with Gasteiger partial charge in [-0.3, -0.25) is 4.68 Å². The molecule has 0 N–H and O–H groups in total. The Bertz CT molecular complexity index is 467. The van der Waals surface area contributed by atoms with E-state index in [1.54, 1.807) is 4.68 Å². The number of aryl methyl sites for hydroxylation is 1. The van der Waals surface area contributed by atoms with Crippen LogP contribution in [0.15, 0.2) is 6.20 Å². The van der Waals surface area contributed by atoms with Gasteiger partial charge in [0.15, 0.2) is 0 Å². The van der Waals surface area contributed by atoms with Crippen LogP contribution in [0.1, 0.15) is 47.1 Å². The topological polar surface area (TPSA) is 45.5 Å². The fourth-order valence-corrected chi connectivity index (χ4v) is 2.12. The molecule has 1 fully saturated rings. The maximum Gasteiger partial charge on any atom is 0.514 e. The predicted molar refractivity (Wildman–Crippen MR) is 78.8 cm³/mol. The molecule has 1 aliphatic rings. The fraction of sp³-hybridized carbons (Fsp3) is 0.786. The van der Waals surface area contributed by atoms with Crippen LogP contribution in [-0.4, -0.2) is 34.2 Å². The molecule has 0 bridgehead atoms. The number of nitrogens with zero attached hydrogens (tertiary/aromatic N) is 2. The summed E-state index contributed by atoms with van der Waals surface area (Å²) >= 11 is 0. The Morgan fingerprint density at radius 1 is 1.25 bits per heavy atom. The van der Waals surface area contributed by atoms with Gasteiger partial charge in [0.1, 0.15) is 0 Å². The molecule has 112 valence electrons. The van der Waals surface area contributed by atoms with Gasteiger partial charge in [-0.2, -0.15) is 5.10 Å². The highest BCUT2D eigenvalue weighted by Crippen LogP contribution is 2.36. The van der Waals surface area contributed by atoms with Crippen molar-refractivity contribution < 1.29 is 14.0 Å². The smallest absolute Gasteiger partial charge is 0.398 e. The van der Waals surface area contributed by atoms with Crippen molar-refractivity contribution in [3.63, 3.8) is 0 Å². The van der Waals surface area contributed by atoms with E-state index in [4.69, 9.17) is 14.0 Å². The monoisotopic (exact) mass is 280 g/mol. The van der Waals surface area contributed by atoms with E-state index in [2.05, 4.69) is 5.10 Å². The second-order valence-corrected chi connectivity index (χ2v) is 6.63. The SMILES string of the molecule is CC(C)OCc1cnn(C)c1B1OC(C)(C)C(C)(C)O1. The molecule has 0 aromatic carbocycles. The van der Waals surface area contributed by atoms with Crippen LogP contribution in [0.3, 0.4) is 0 Å². The van der Waals surface area contributed by atoms with Crippen LogP contribution >= 0.6 is 0 Å². The number of ether oxygens (including phenoxy) is 1. The van der Waals surface area contributed by atoms with Crippen LogP contribution < -0.4 is 5.59 Å². The maximum absolute atomic E-state index is 6.10. The zero-order valence-electron chi connectivity index (χ0n) is 13.6. The van der Waals surface area contributed by atoms with E-state index in [1.807, 2.05) is 54.8 Å². The van der Waals surface area contributed by atoms with E-state index >= 15 is 0 Å². The third kappa shape index (κ3) is 2.78. The van der Waals surface area contributed by atoms with Crippen LogP contribution in [0.5, 0.6) is 0 Å². The molecular weight excluding hydrogens is 255 g/mol. The number of rotatable bonds is 4. The zero-order chi connectivity index (χ0) is 15.1. The minimum Gasteiger partial charge on any atom is -0.398 e. The first-order chi connectivity index (χ1) is 9.14. The van der Waals surface area contributed by atoms with E-state index in [1.165, 1.54) is 0 Å². The molecule has 0 atom stereocenters. The standard InChI is InChI=1S/C14H25BN2O3/c1-10(2)18-9-11-8-16-17(7)12(11)15-19-13(3,4)14(5,6)20-15/h8,10H,9H2,1-7H3. The number of aromatic nitrogens is 2. The second-order valence-electron chi connectivity index (χ2n) is 6.63. The number of hydrogen-bond donors (Lipinski definition) is 0. The van der Waals surface area contributed by atoms with Crippen LogP contribution in [0.2, 0.25) is 0 Å². The average Bonchev–Trinajstić information content (AvgIpc) is 2.74. The van der Waals surface area contributed by atoms with Crippen molar-refractivity contribution in [2.45, 2.75) is 65.5 Å². The molecule has 6 heteroatoms. The van der Waals surface area contributed by atoms with Gasteiger partial charge in [-0.25, -0.2) is 0 Å². The van der Waals surface area contributed by atoms with Crippen molar-refractivity contribution in [3.8, 4) is 0 Å². The maximum atomic E-state index is 6.10. The van der Waals surface area contributed by atoms with Crippen molar-refractivity contribution in [2.75, 3.05) is 0 Å². The van der Waals surface area contributed by atoms with E-state index in [0.29, 0.717) is 6.61 Å². The second kappa shape index (κ2) is 5.17. The van der Waals surface area contributed by atoms with Gasteiger partial charge < -0.3 is 14.0 Å². The normalized spacial score (nSPS) is 20.9. The molecule has 0 spiro atoms. The van der Waals surface area contributed by atoms with E-state index in [-0.39, 0.29) is 17.3 Å². The van der Waals surface area contributed by atoms with Gasteiger partial charge >= 0.3 is 7.12 Å². The van der Waals surface area contributed by atoms with Gasteiger partial charge in [0.25, 0.3) is 0 Å². The lowest BCUT2D eigenvalue weighted by Crippen LogP contribution is -2.41. The molecular formula is C14H25BN2O3. The highest BCUT2D eigenvalue weighted by atomic mass is 16.7. The molecule has 1 saturated heterocycles. The summed E-state index contributed by atoms with van der Waals surface area (Å²) in [6.07, 6.45) is 2.00. The summed E-state index contributed by atoms with van der Waals surface area (Å²) < 4.78 is 19.7. The Morgan fingerprint density at radius 3 is 2.30 bits per heavy atom. The summed E-state index contributed by atoms with van der Waals surface area (Å²) in [5.41, 5.74) is 1.25. The van der Waals surface area contributed by atoms with E-state index < -0.39 is 7.12 Å². The molecule has 1 aromatic heterocycles. The Balaban J connectivity index is 2.24. The van der Waals surface area contributed by atoms with Gasteiger partial charge in [0.2, 0.25) is 0 Å². The largest absolute Gasteiger partial charge is 0.514 e. The Morgan fingerprint density at radius 2 is 1.80 bits per heavy atom. The third-order valence-corrected chi connectivity index (χ3v) is 4.11. The fourth-order valence-electron chi connectivity index (χ4n) is 2.12. The van der Waals surface area contributed by atoms with Crippen LogP contribution in [0.4, 0.5) is 0 Å². The van der Waals surface area contributed by atoms with Gasteiger partial charge in [-0.1, -0.05) is 0 Å². The van der Waals surface area contributed by atoms with Crippen molar-refractivity contribution in [1.82, 2.24) is 9.78 Å². The minimum absolute atomic E-state index is 0.182. The van der Waals surface area contributed by atoms with Crippen molar-refractivity contribution in [3.05, 3.63) is 11.8 Å². The van der Waals surface area contributed by atoms with Gasteiger partial charge in [0.05, 0.1) is 35.7 Å². The molecule has 5 nitrogen and oxygen atoms in total. The summed E-state index contributed by atoms with van der Waals surface area (Å²) in [6, 6.07) is 0. The lowest BCUT2D eigenvalue weighted by atomic mass is 9.82. The molecule has 2 rings (SSSR count). The van der Waals surface area contributed by atoms with Crippen molar-refractivity contribution >= 4 is 12.7 Å². The van der Waals surface area contributed by atoms with E-state index in [0.717, 1.165) is 11.2 Å². The van der Waals surface area contributed by atoms with Crippen LogP contribution in [0.25, 0.3) is 0 Å².